The molecule has 0 saturated carbocycles. The van der Waals surface area contributed by atoms with E-state index in [0.717, 1.165) is 24.3 Å². The van der Waals surface area contributed by atoms with Gasteiger partial charge in [0.05, 0.1) is 6.04 Å². The van der Waals surface area contributed by atoms with Crippen LogP contribution >= 0.6 is 0 Å². The summed E-state index contributed by atoms with van der Waals surface area (Å²) < 4.78 is 0. The van der Waals surface area contributed by atoms with Crippen LogP contribution < -0.4 is 5.32 Å². The first-order valence-corrected chi connectivity index (χ1v) is 8.29. The number of hydrogen-bond donors (Lipinski definition) is 1. The number of nitrogens with one attached hydrogen (secondary N) is 1. The van der Waals surface area contributed by atoms with E-state index in [-0.39, 0.29) is 17.9 Å². The standard InChI is InChI=1S/C18H27N3O2/c1-13(2)16-7-5-6-8-17(16)19-18(23)14(3)20-9-11-21(12-10-20)15(4)22/h5-8,13-14H,9-12H2,1-4H3,(H,19,23). The summed E-state index contributed by atoms with van der Waals surface area (Å²) in [6.07, 6.45) is 0. The van der Waals surface area contributed by atoms with Gasteiger partial charge in [-0.2, -0.15) is 0 Å². The van der Waals surface area contributed by atoms with Crippen LogP contribution in [0.2, 0.25) is 0 Å². The molecule has 1 N–H and O–H groups in total. The Hall–Kier alpha value is -1.88. The number of nitrogens with zero attached hydrogens (tertiary/aromatic N) is 2. The van der Waals surface area contributed by atoms with Gasteiger partial charge in [0, 0.05) is 38.8 Å². The molecule has 1 aliphatic rings. The first-order chi connectivity index (χ1) is 10.9. The van der Waals surface area contributed by atoms with Crippen molar-refractivity contribution in [2.45, 2.75) is 39.7 Å². The lowest BCUT2D eigenvalue weighted by Gasteiger charge is -2.37. The molecule has 1 aromatic rings. The highest BCUT2D eigenvalue weighted by Crippen LogP contribution is 2.24. The lowest BCUT2D eigenvalue weighted by Crippen LogP contribution is -2.53. The minimum absolute atomic E-state index is 0.00868. The largest absolute Gasteiger partial charge is 0.340 e. The first-order valence-electron chi connectivity index (χ1n) is 8.29. The molecule has 0 aromatic heterocycles. The number of amides is 2. The van der Waals surface area contributed by atoms with E-state index in [2.05, 4.69) is 30.1 Å². The number of carbonyl (C=O) groups is 2. The lowest BCUT2D eigenvalue weighted by atomic mass is 10.0. The molecule has 0 bridgehead atoms. The van der Waals surface area contributed by atoms with Crippen LogP contribution in [-0.4, -0.2) is 53.8 Å². The normalized spacial score (nSPS) is 17.2. The second kappa shape index (κ2) is 7.59. The molecule has 1 atom stereocenters. The molecule has 1 fully saturated rings. The lowest BCUT2D eigenvalue weighted by molar-refractivity contribution is -0.131. The summed E-state index contributed by atoms with van der Waals surface area (Å²) in [5.74, 6) is 0.475. The van der Waals surface area contributed by atoms with Crippen molar-refractivity contribution in [2.24, 2.45) is 0 Å². The van der Waals surface area contributed by atoms with Gasteiger partial charge < -0.3 is 10.2 Å². The van der Waals surface area contributed by atoms with Gasteiger partial charge in [-0.05, 0) is 24.5 Å². The Morgan fingerprint density at radius 3 is 2.22 bits per heavy atom. The number of benzene rings is 1. The van der Waals surface area contributed by atoms with E-state index in [4.69, 9.17) is 0 Å². The van der Waals surface area contributed by atoms with Crippen molar-refractivity contribution in [2.75, 3.05) is 31.5 Å². The van der Waals surface area contributed by atoms with Gasteiger partial charge >= 0.3 is 0 Å². The highest BCUT2D eigenvalue weighted by atomic mass is 16.2. The van der Waals surface area contributed by atoms with Crippen LogP contribution in [0.15, 0.2) is 24.3 Å². The van der Waals surface area contributed by atoms with Crippen LogP contribution in [0.3, 0.4) is 0 Å². The minimum Gasteiger partial charge on any atom is -0.340 e. The maximum atomic E-state index is 12.6. The fourth-order valence-corrected chi connectivity index (χ4v) is 2.94. The zero-order chi connectivity index (χ0) is 17.0. The number of hydrogen-bond acceptors (Lipinski definition) is 3. The predicted octanol–water partition coefficient (Wildman–Crippen LogP) is 2.30. The van der Waals surface area contributed by atoms with Crippen molar-refractivity contribution in [1.29, 1.82) is 0 Å². The Balaban J connectivity index is 1.97. The fourth-order valence-electron chi connectivity index (χ4n) is 2.94. The number of rotatable bonds is 4. The van der Waals surface area contributed by atoms with E-state index >= 15 is 0 Å². The monoisotopic (exact) mass is 317 g/mol. The molecule has 0 spiro atoms. The van der Waals surface area contributed by atoms with E-state index in [9.17, 15) is 9.59 Å². The quantitative estimate of drug-likeness (QED) is 0.927. The van der Waals surface area contributed by atoms with Crippen LogP contribution in [0.4, 0.5) is 5.69 Å². The molecule has 126 valence electrons. The Labute approximate surface area is 138 Å². The summed E-state index contributed by atoms with van der Waals surface area (Å²) in [7, 11) is 0. The third-order valence-corrected chi connectivity index (χ3v) is 4.53. The summed E-state index contributed by atoms with van der Waals surface area (Å²) >= 11 is 0. The van der Waals surface area contributed by atoms with Gasteiger partial charge in [-0.25, -0.2) is 0 Å². The van der Waals surface area contributed by atoms with Crippen molar-refractivity contribution in [3.8, 4) is 0 Å². The summed E-state index contributed by atoms with van der Waals surface area (Å²) in [5.41, 5.74) is 2.04. The minimum atomic E-state index is -0.204. The van der Waals surface area contributed by atoms with Crippen molar-refractivity contribution in [1.82, 2.24) is 9.80 Å². The molecule has 5 heteroatoms. The number of carbonyl (C=O) groups excluding carboxylic acids is 2. The van der Waals surface area contributed by atoms with Gasteiger partial charge in [0.1, 0.15) is 0 Å². The van der Waals surface area contributed by atoms with Crippen molar-refractivity contribution >= 4 is 17.5 Å². The third-order valence-electron chi connectivity index (χ3n) is 4.53. The van der Waals surface area contributed by atoms with Gasteiger partial charge in [0.25, 0.3) is 0 Å². The van der Waals surface area contributed by atoms with Crippen molar-refractivity contribution in [3.63, 3.8) is 0 Å². The second-order valence-corrected chi connectivity index (χ2v) is 6.45. The highest BCUT2D eigenvalue weighted by molar-refractivity contribution is 5.95. The van der Waals surface area contributed by atoms with Crippen molar-refractivity contribution in [3.05, 3.63) is 29.8 Å². The third kappa shape index (κ3) is 4.32. The molecule has 0 aliphatic carbocycles. The van der Waals surface area contributed by atoms with E-state index in [0.29, 0.717) is 19.0 Å². The topological polar surface area (TPSA) is 52.7 Å². The molecule has 1 heterocycles. The Morgan fingerprint density at radius 2 is 1.65 bits per heavy atom. The van der Waals surface area contributed by atoms with E-state index in [1.54, 1.807) is 6.92 Å². The fraction of sp³-hybridized carbons (Fsp3) is 0.556. The van der Waals surface area contributed by atoms with Crippen LogP contribution in [0.5, 0.6) is 0 Å². The highest BCUT2D eigenvalue weighted by Gasteiger charge is 2.26. The summed E-state index contributed by atoms with van der Waals surface area (Å²) in [6.45, 7) is 10.6. The summed E-state index contributed by atoms with van der Waals surface area (Å²) in [5, 5.41) is 3.06. The average Bonchev–Trinajstić information content (AvgIpc) is 2.54. The molecule has 1 saturated heterocycles. The van der Waals surface area contributed by atoms with Crippen molar-refractivity contribution < 1.29 is 9.59 Å². The Morgan fingerprint density at radius 1 is 1.04 bits per heavy atom. The Kier molecular flexibility index (Phi) is 5.77. The number of para-hydroxylation sites is 1. The number of piperazine rings is 1. The van der Waals surface area contributed by atoms with Crippen LogP contribution in [-0.2, 0) is 9.59 Å². The zero-order valence-electron chi connectivity index (χ0n) is 14.5. The predicted molar refractivity (Wildman–Crippen MR) is 92.4 cm³/mol. The molecule has 23 heavy (non-hydrogen) atoms. The molecule has 1 unspecified atom stereocenters. The smallest absolute Gasteiger partial charge is 0.241 e. The number of anilines is 1. The first kappa shape index (κ1) is 17.5. The van der Waals surface area contributed by atoms with Crippen LogP contribution in [0.1, 0.15) is 39.2 Å². The van der Waals surface area contributed by atoms with E-state index < -0.39 is 0 Å². The summed E-state index contributed by atoms with van der Waals surface area (Å²) in [4.78, 5) is 27.9. The van der Waals surface area contributed by atoms with Gasteiger partial charge in [0.2, 0.25) is 11.8 Å². The van der Waals surface area contributed by atoms with Gasteiger partial charge in [-0.3, -0.25) is 14.5 Å². The van der Waals surface area contributed by atoms with E-state index in [1.165, 1.54) is 0 Å². The molecule has 5 nitrogen and oxygen atoms in total. The van der Waals surface area contributed by atoms with Gasteiger partial charge in [-0.15, -0.1) is 0 Å². The summed E-state index contributed by atoms with van der Waals surface area (Å²) in [6, 6.07) is 7.74. The molecular formula is C18H27N3O2. The molecule has 2 amide bonds. The SMILES string of the molecule is CC(=O)N1CCN(C(C)C(=O)Nc2ccccc2C(C)C)CC1. The van der Waals surface area contributed by atoms with E-state index in [1.807, 2.05) is 30.0 Å². The second-order valence-electron chi connectivity index (χ2n) is 6.45. The Bertz CT molecular complexity index is 563. The molecule has 0 radical (unpaired) electrons. The maximum absolute atomic E-state index is 12.6. The van der Waals surface area contributed by atoms with Gasteiger partial charge in [-0.1, -0.05) is 32.0 Å². The molecular weight excluding hydrogens is 290 g/mol. The molecule has 1 aromatic carbocycles. The van der Waals surface area contributed by atoms with Crippen LogP contribution in [0.25, 0.3) is 0 Å². The van der Waals surface area contributed by atoms with Gasteiger partial charge in [0.15, 0.2) is 0 Å². The van der Waals surface area contributed by atoms with Crippen LogP contribution in [0, 0.1) is 0 Å². The maximum Gasteiger partial charge on any atom is 0.241 e. The zero-order valence-corrected chi connectivity index (χ0v) is 14.5. The molecule has 1 aliphatic heterocycles. The average molecular weight is 317 g/mol. The molecule has 2 rings (SSSR count).